The van der Waals surface area contributed by atoms with Crippen molar-refractivity contribution in [1.82, 2.24) is 10.2 Å². The highest BCUT2D eigenvalue weighted by molar-refractivity contribution is 7.99. The van der Waals surface area contributed by atoms with Crippen molar-refractivity contribution in [3.63, 3.8) is 0 Å². The van der Waals surface area contributed by atoms with Crippen LogP contribution in [0.4, 0.5) is 14.5 Å². The van der Waals surface area contributed by atoms with Crippen LogP contribution in [0.3, 0.4) is 0 Å². The molecule has 0 spiro atoms. The molecular weight excluding hydrogens is 356 g/mol. The van der Waals surface area contributed by atoms with E-state index in [9.17, 15) is 13.6 Å². The van der Waals surface area contributed by atoms with Gasteiger partial charge in [0.2, 0.25) is 0 Å². The average molecular weight is 371 g/mol. The maximum Gasteiger partial charge on any atom is 0.255 e. The molecule has 26 heavy (non-hydrogen) atoms. The summed E-state index contributed by atoms with van der Waals surface area (Å²) in [6, 6.07) is 13.4. The fourth-order valence-corrected chi connectivity index (χ4v) is 2.90. The lowest BCUT2D eigenvalue weighted by Crippen LogP contribution is -2.12. The van der Waals surface area contributed by atoms with Gasteiger partial charge in [0, 0.05) is 22.9 Å². The van der Waals surface area contributed by atoms with Crippen LogP contribution in [-0.2, 0) is 0 Å². The second-order valence-electron chi connectivity index (χ2n) is 5.38. The highest BCUT2D eigenvalue weighted by Crippen LogP contribution is 2.23. The second kappa shape index (κ2) is 8.05. The molecule has 1 amide bonds. The quantitative estimate of drug-likeness (QED) is 0.656. The molecule has 0 aliphatic carbocycles. The second-order valence-corrected chi connectivity index (χ2v) is 6.67. The standard InChI is InChI=1S/C19H15F2N3OS/c1-2-26-18-7-6-17(23-24-18)12-4-3-5-16(10-12)22-19(25)13-8-14(20)11-15(21)9-13/h3-11H,2H2,1H3,(H,22,25). The van der Waals surface area contributed by atoms with E-state index < -0.39 is 17.5 Å². The molecule has 0 saturated heterocycles. The lowest BCUT2D eigenvalue weighted by atomic mass is 10.1. The van der Waals surface area contributed by atoms with E-state index in [-0.39, 0.29) is 5.56 Å². The molecule has 0 radical (unpaired) electrons. The van der Waals surface area contributed by atoms with Crippen LogP contribution in [0, 0.1) is 11.6 Å². The molecule has 0 saturated carbocycles. The number of halogens is 2. The first kappa shape index (κ1) is 18.0. The summed E-state index contributed by atoms with van der Waals surface area (Å²) in [4.78, 5) is 12.2. The van der Waals surface area contributed by atoms with E-state index in [1.165, 1.54) is 0 Å². The van der Waals surface area contributed by atoms with Gasteiger partial charge in [0.05, 0.1) is 5.69 Å². The van der Waals surface area contributed by atoms with Crippen LogP contribution in [0.5, 0.6) is 0 Å². The molecule has 3 rings (SSSR count). The van der Waals surface area contributed by atoms with E-state index >= 15 is 0 Å². The Morgan fingerprint density at radius 2 is 1.81 bits per heavy atom. The Kier molecular flexibility index (Phi) is 5.58. The summed E-state index contributed by atoms with van der Waals surface area (Å²) in [7, 11) is 0. The van der Waals surface area contributed by atoms with Crippen LogP contribution >= 0.6 is 11.8 Å². The monoisotopic (exact) mass is 371 g/mol. The Morgan fingerprint density at radius 1 is 1.04 bits per heavy atom. The van der Waals surface area contributed by atoms with Gasteiger partial charge in [-0.05, 0) is 42.2 Å². The molecule has 132 valence electrons. The van der Waals surface area contributed by atoms with E-state index in [0.717, 1.165) is 34.5 Å². The molecule has 4 nitrogen and oxygen atoms in total. The summed E-state index contributed by atoms with van der Waals surface area (Å²) >= 11 is 1.60. The zero-order valence-electron chi connectivity index (χ0n) is 13.9. The van der Waals surface area contributed by atoms with Crippen molar-refractivity contribution in [3.05, 3.63) is 71.8 Å². The number of rotatable bonds is 5. The van der Waals surface area contributed by atoms with E-state index in [2.05, 4.69) is 15.5 Å². The highest BCUT2D eigenvalue weighted by Gasteiger charge is 2.10. The van der Waals surface area contributed by atoms with E-state index in [1.807, 2.05) is 25.1 Å². The van der Waals surface area contributed by atoms with Crippen molar-refractivity contribution >= 4 is 23.4 Å². The lowest BCUT2D eigenvalue weighted by Gasteiger charge is -2.08. The summed E-state index contributed by atoms with van der Waals surface area (Å²) in [6.07, 6.45) is 0. The molecule has 1 N–H and O–H groups in total. The molecule has 0 aliphatic rings. The number of anilines is 1. The Hall–Kier alpha value is -2.80. The molecule has 1 heterocycles. The average Bonchev–Trinajstić information content (AvgIpc) is 2.62. The summed E-state index contributed by atoms with van der Waals surface area (Å²) in [6.45, 7) is 2.04. The molecule has 1 aromatic heterocycles. The Bertz CT molecular complexity index is 912. The third kappa shape index (κ3) is 4.43. The van der Waals surface area contributed by atoms with Crippen molar-refractivity contribution in [2.24, 2.45) is 0 Å². The number of benzene rings is 2. The van der Waals surface area contributed by atoms with Crippen molar-refractivity contribution in [3.8, 4) is 11.3 Å². The number of nitrogens with one attached hydrogen (secondary N) is 1. The molecule has 2 aromatic carbocycles. The molecule has 0 unspecified atom stereocenters. The number of amides is 1. The van der Waals surface area contributed by atoms with Crippen LogP contribution in [0.15, 0.2) is 59.6 Å². The summed E-state index contributed by atoms with van der Waals surface area (Å²) in [5.41, 5.74) is 1.84. The molecule has 0 aliphatic heterocycles. The van der Waals surface area contributed by atoms with Gasteiger partial charge in [0.25, 0.3) is 5.91 Å². The van der Waals surface area contributed by atoms with Crippen molar-refractivity contribution in [2.45, 2.75) is 11.9 Å². The fourth-order valence-electron chi connectivity index (χ4n) is 2.34. The van der Waals surface area contributed by atoms with Gasteiger partial charge in [-0.3, -0.25) is 4.79 Å². The van der Waals surface area contributed by atoms with Crippen molar-refractivity contribution < 1.29 is 13.6 Å². The topological polar surface area (TPSA) is 54.9 Å². The SMILES string of the molecule is CCSc1ccc(-c2cccc(NC(=O)c3cc(F)cc(F)c3)c2)nn1. The van der Waals surface area contributed by atoms with Crippen molar-refractivity contribution in [2.75, 3.05) is 11.1 Å². The number of carbonyl (C=O) groups is 1. The van der Waals surface area contributed by atoms with Crippen LogP contribution < -0.4 is 5.32 Å². The third-order valence-corrected chi connectivity index (χ3v) is 4.28. The number of nitrogens with zero attached hydrogens (tertiary/aromatic N) is 2. The van der Waals surface area contributed by atoms with Crippen LogP contribution in [0.1, 0.15) is 17.3 Å². The van der Waals surface area contributed by atoms with E-state index in [0.29, 0.717) is 11.4 Å². The summed E-state index contributed by atoms with van der Waals surface area (Å²) in [5, 5.41) is 11.8. The molecule has 0 atom stereocenters. The van der Waals surface area contributed by atoms with Gasteiger partial charge < -0.3 is 5.32 Å². The number of hydrogen-bond acceptors (Lipinski definition) is 4. The van der Waals surface area contributed by atoms with Gasteiger partial charge in [-0.1, -0.05) is 19.1 Å². The number of aromatic nitrogens is 2. The minimum Gasteiger partial charge on any atom is -0.322 e. The van der Waals surface area contributed by atoms with Gasteiger partial charge in [0.1, 0.15) is 16.7 Å². The highest BCUT2D eigenvalue weighted by atomic mass is 32.2. The van der Waals surface area contributed by atoms with Crippen molar-refractivity contribution in [1.29, 1.82) is 0 Å². The summed E-state index contributed by atoms with van der Waals surface area (Å²) in [5.74, 6) is -1.29. The largest absolute Gasteiger partial charge is 0.322 e. The zero-order valence-corrected chi connectivity index (χ0v) is 14.7. The minimum absolute atomic E-state index is 0.0892. The molecule has 0 fully saturated rings. The third-order valence-electron chi connectivity index (χ3n) is 3.47. The van der Waals surface area contributed by atoms with Gasteiger partial charge in [-0.15, -0.1) is 22.0 Å². The smallest absolute Gasteiger partial charge is 0.255 e. The Morgan fingerprint density at radius 3 is 2.46 bits per heavy atom. The minimum atomic E-state index is -0.802. The van der Waals surface area contributed by atoms with E-state index in [4.69, 9.17) is 0 Å². The fraction of sp³-hybridized carbons (Fsp3) is 0.105. The maximum absolute atomic E-state index is 13.3. The Labute approximate surface area is 153 Å². The first-order valence-corrected chi connectivity index (χ1v) is 8.88. The number of thioether (sulfide) groups is 1. The van der Waals surface area contributed by atoms with Gasteiger partial charge in [-0.2, -0.15) is 0 Å². The van der Waals surface area contributed by atoms with Gasteiger partial charge in [0.15, 0.2) is 0 Å². The lowest BCUT2D eigenvalue weighted by molar-refractivity contribution is 0.102. The Balaban J connectivity index is 1.79. The van der Waals surface area contributed by atoms with Crippen LogP contribution in [-0.4, -0.2) is 21.9 Å². The predicted octanol–water partition coefficient (Wildman–Crippen LogP) is 4.79. The first-order chi connectivity index (χ1) is 12.5. The van der Waals surface area contributed by atoms with E-state index in [1.54, 1.807) is 30.0 Å². The molecule has 3 aromatic rings. The van der Waals surface area contributed by atoms with Crippen LogP contribution in [0.25, 0.3) is 11.3 Å². The first-order valence-electron chi connectivity index (χ1n) is 7.89. The zero-order chi connectivity index (χ0) is 18.5. The van der Waals surface area contributed by atoms with Crippen LogP contribution in [0.2, 0.25) is 0 Å². The molecule has 7 heteroatoms. The predicted molar refractivity (Wildman–Crippen MR) is 98.2 cm³/mol. The number of hydrogen-bond donors (Lipinski definition) is 1. The summed E-state index contributed by atoms with van der Waals surface area (Å²) < 4.78 is 26.5. The van der Waals surface area contributed by atoms with Gasteiger partial charge >= 0.3 is 0 Å². The van der Waals surface area contributed by atoms with Gasteiger partial charge in [-0.25, -0.2) is 8.78 Å². The maximum atomic E-state index is 13.3. The number of carbonyl (C=O) groups excluding carboxylic acids is 1. The molecule has 0 bridgehead atoms. The normalized spacial score (nSPS) is 10.6. The molecular formula is C19H15F2N3OS.